The highest BCUT2D eigenvalue weighted by atomic mass is 14.7. The molecule has 148 valence electrons. The number of aryl methyl sites for hydroxylation is 1. The molecule has 2 heteroatoms. The maximum atomic E-state index is 5.78. The number of benzene rings is 1. The molecule has 1 aromatic carbocycles. The Morgan fingerprint density at radius 3 is 2.15 bits per heavy atom. The summed E-state index contributed by atoms with van der Waals surface area (Å²) in [7, 11) is 0. The summed E-state index contributed by atoms with van der Waals surface area (Å²) in [6, 6.07) is 9.99. The van der Waals surface area contributed by atoms with Gasteiger partial charge in [0.2, 0.25) is 0 Å². The van der Waals surface area contributed by atoms with Gasteiger partial charge in [-0.25, -0.2) is 0 Å². The number of anilines is 1. The second-order valence-corrected chi connectivity index (χ2v) is 6.72. The lowest BCUT2D eigenvalue weighted by Gasteiger charge is -2.05. The van der Waals surface area contributed by atoms with Crippen molar-refractivity contribution in [2.24, 2.45) is 0 Å². The zero-order valence-electron chi connectivity index (χ0n) is 18.2. The van der Waals surface area contributed by atoms with Gasteiger partial charge >= 0.3 is 0 Å². The molecule has 0 atom stereocenters. The summed E-state index contributed by atoms with van der Waals surface area (Å²) in [6.07, 6.45) is 11.1. The molecule has 2 rings (SSSR count). The van der Waals surface area contributed by atoms with Crippen molar-refractivity contribution in [3.8, 4) is 11.1 Å². The summed E-state index contributed by atoms with van der Waals surface area (Å²) in [4.78, 5) is 4.45. The molecule has 0 spiro atoms. The molecule has 0 radical (unpaired) electrons. The maximum absolute atomic E-state index is 5.78. The highest BCUT2D eigenvalue weighted by Crippen LogP contribution is 2.22. The number of hydrogen-bond donors (Lipinski definition) is 1. The van der Waals surface area contributed by atoms with E-state index in [9.17, 15) is 0 Å². The maximum Gasteiger partial charge on any atom is 0.0655 e. The second kappa shape index (κ2) is 14.8. The summed E-state index contributed by atoms with van der Waals surface area (Å²) in [5.74, 6) is 0. The zero-order chi connectivity index (χ0) is 20.7. The first-order valence-corrected chi connectivity index (χ1v) is 9.99. The Labute approximate surface area is 167 Å². The van der Waals surface area contributed by atoms with Crippen LogP contribution in [0.25, 0.3) is 17.2 Å². The fourth-order valence-electron chi connectivity index (χ4n) is 2.15. The number of hydrogen-bond acceptors (Lipinski definition) is 2. The summed E-state index contributed by atoms with van der Waals surface area (Å²) in [6.45, 7) is 16.3. The van der Waals surface area contributed by atoms with E-state index in [0.717, 1.165) is 28.9 Å². The molecule has 0 fully saturated rings. The van der Waals surface area contributed by atoms with Crippen molar-refractivity contribution in [3.63, 3.8) is 0 Å². The molecule has 0 aliphatic heterocycles. The van der Waals surface area contributed by atoms with Crippen molar-refractivity contribution in [1.82, 2.24) is 4.98 Å². The van der Waals surface area contributed by atoms with E-state index >= 15 is 0 Å². The highest BCUT2D eigenvalue weighted by molar-refractivity contribution is 5.68. The smallest absolute Gasteiger partial charge is 0.0655 e. The van der Waals surface area contributed by atoms with Crippen molar-refractivity contribution in [2.75, 3.05) is 5.73 Å². The number of nitrogens with zero attached hydrogens (tertiary/aromatic N) is 1. The number of nitrogen functional groups attached to an aromatic ring is 1. The van der Waals surface area contributed by atoms with Gasteiger partial charge in [-0.05, 0) is 62.6 Å². The first-order valence-electron chi connectivity index (χ1n) is 9.99. The number of pyridine rings is 1. The van der Waals surface area contributed by atoms with Crippen LogP contribution < -0.4 is 5.73 Å². The minimum atomic E-state index is 0.776. The SMILES string of the molecule is C/C=C\c1ncc(-c2cccc(N)c2)cc1C.C=C(C)CC.CCCCC. The number of rotatable bonds is 5. The molecule has 0 unspecified atom stereocenters. The van der Waals surface area contributed by atoms with Gasteiger partial charge in [-0.1, -0.05) is 63.8 Å². The van der Waals surface area contributed by atoms with Crippen LogP contribution >= 0.6 is 0 Å². The lowest BCUT2D eigenvalue weighted by molar-refractivity contribution is 0.772. The number of unbranched alkanes of at least 4 members (excludes halogenated alkanes) is 2. The summed E-state index contributed by atoms with van der Waals surface area (Å²) < 4.78 is 0. The van der Waals surface area contributed by atoms with Gasteiger partial charge in [-0.2, -0.15) is 0 Å². The van der Waals surface area contributed by atoms with Crippen LogP contribution in [0, 0.1) is 6.92 Å². The number of aromatic nitrogens is 1. The van der Waals surface area contributed by atoms with E-state index in [2.05, 4.69) is 45.3 Å². The van der Waals surface area contributed by atoms with Crippen LogP contribution in [0.2, 0.25) is 0 Å². The molecule has 2 N–H and O–H groups in total. The Morgan fingerprint density at radius 2 is 1.74 bits per heavy atom. The molecule has 1 aromatic heterocycles. The molecule has 0 amide bonds. The molecule has 0 saturated carbocycles. The van der Waals surface area contributed by atoms with E-state index in [1.165, 1.54) is 30.4 Å². The third-order valence-electron chi connectivity index (χ3n) is 3.97. The van der Waals surface area contributed by atoms with Crippen molar-refractivity contribution in [2.45, 2.75) is 67.2 Å². The summed E-state index contributed by atoms with van der Waals surface area (Å²) in [5, 5.41) is 0. The van der Waals surface area contributed by atoms with Gasteiger partial charge in [-0.15, -0.1) is 6.58 Å². The fraction of sp³-hybridized carbons (Fsp3) is 0.400. The van der Waals surface area contributed by atoms with E-state index in [-0.39, 0.29) is 0 Å². The lowest BCUT2D eigenvalue weighted by atomic mass is 10.0. The minimum Gasteiger partial charge on any atom is -0.399 e. The number of allylic oxidation sites excluding steroid dienone is 2. The first kappa shape index (κ1) is 24.7. The lowest BCUT2D eigenvalue weighted by Crippen LogP contribution is -1.90. The molecular formula is C25H38N2. The molecule has 0 saturated heterocycles. The fourth-order valence-corrected chi connectivity index (χ4v) is 2.15. The monoisotopic (exact) mass is 366 g/mol. The zero-order valence-corrected chi connectivity index (χ0v) is 18.2. The van der Waals surface area contributed by atoms with Crippen molar-refractivity contribution in [1.29, 1.82) is 0 Å². The van der Waals surface area contributed by atoms with Crippen LogP contribution in [0.4, 0.5) is 5.69 Å². The molecule has 27 heavy (non-hydrogen) atoms. The van der Waals surface area contributed by atoms with Gasteiger partial charge in [-0.3, -0.25) is 4.98 Å². The molecular weight excluding hydrogens is 328 g/mol. The Bertz CT molecular complexity index is 697. The molecule has 0 aliphatic rings. The average Bonchev–Trinajstić information content (AvgIpc) is 2.65. The first-order chi connectivity index (χ1) is 12.9. The predicted molar refractivity (Wildman–Crippen MR) is 124 cm³/mol. The van der Waals surface area contributed by atoms with E-state index < -0.39 is 0 Å². The van der Waals surface area contributed by atoms with Gasteiger partial charge in [0.15, 0.2) is 0 Å². The quantitative estimate of drug-likeness (QED) is 0.432. The van der Waals surface area contributed by atoms with Crippen molar-refractivity contribution < 1.29 is 0 Å². The topological polar surface area (TPSA) is 38.9 Å². The van der Waals surface area contributed by atoms with Crippen molar-refractivity contribution >= 4 is 11.8 Å². The molecule has 2 aromatic rings. The molecule has 0 aliphatic carbocycles. The molecule has 0 bridgehead atoms. The largest absolute Gasteiger partial charge is 0.399 e. The van der Waals surface area contributed by atoms with Gasteiger partial charge in [0.05, 0.1) is 5.69 Å². The highest BCUT2D eigenvalue weighted by Gasteiger charge is 2.01. The van der Waals surface area contributed by atoms with Crippen LogP contribution in [-0.4, -0.2) is 4.98 Å². The Kier molecular flexibility index (Phi) is 13.5. The van der Waals surface area contributed by atoms with E-state index in [1.807, 2.05) is 56.5 Å². The Morgan fingerprint density at radius 1 is 1.11 bits per heavy atom. The molecule has 1 heterocycles. The van der Waals surface area contributed by atoms with E-state index in [0.29, 0.717) is 0 Å². The van der Waals surface area contributed by atoms with Crippen LogP contribution in [0.5, 0.6) is 0 Å². The Hall–Kier alpha value is -2.35. The third kappa shape index (κ3) is 11.1. The summed E-state index contributed by atoms with van der Waals surface area (Å²) >= 11 is 0. The van der Waals surface area contributed by atoms with E-state index in [4.69, 9.17) is 5.73 Å². The third-order valence-corrected chi connectivity index (χ3v) is 3.97. The van der Waals surface area contributed by atoms with Crippen molar-refractivity contribution in [3.05, 3.63) is 66.0 Å². The van der Waals surface area contributed by atoms with E-state index in [1.54, 1.807) is 0 Å². The van der Waals surface area contributed by atoms with Gasteiger partial charge in [0.25, 0.3) is 0 Å². The van der Waals surface area contributed by atoms with Crippen LogP contribution in [0.1, 0.15) is 71.6 Å². The number of nitrogens with two attached hydrogens (primary N) is 1. The standard InChI is InChI=1S/C15H16N2.C5H10.C5H12/c1-3-5-15-11(2)8-13(10-17-15)12-6-4-7-14(16)9-12;1-4-5(2)3;1-3-5-4-2/h3-10H,16H2,1-2H3;2,4H2,1,3H3;3-5H2,1-2H3/b5-3-;;. The van der Waals surface area contributed by atoms with Gasteiger partial charge < -0.3 is 5.73 Å². The van der Waals surface area contributed by atoms with Crippen LogP contribution in [0.3, 0.4) is 0 Å². The normalized spacial score (nSPS) is 9.85. The summed E-state index contributed by atoms with van der Waals surface area (Å²) in [5.41, 5.74) is 12.2. The average molecular weight is 367 g/mol. The minimum absolute atomic E-state index is 0.776. The second-order valence-electron chi connectivity index (χ2n) is 6.72. The molecule has 2 nitrogen and oxygen atoms in total. The predicted octanol–water partition coefficient (Wildman–Crippen LogP) is 7.84. The Balaban J connectivity index is 0.000000563. The van der Waals surface area contributed by atoms with Crippen LogP contribution in [-0.2, 0) is 0 Å². The van der Waals surface area contributed by atoms with Gasteiger partial charge in [0, 0.05) is 17.4 Å². The van der Waals surface area contributed by atoms with Crippen LogP contribution in [0.15, 0.2) is 54.8 Å². The van der Waals surface area contributed by atoms with Gasteiger partial charge in [0.1, 0.15) is 0 Å².